The Morgan fingerprint density at radius 3 is 1.80 bits per heavy atom. The summed E-state index contributed by atoms with van der Waals surface area (Å²) in [5, 5.41) is -0.916. The van der Waals surface area contributed by atoms with Gasteiger partial charge in [-0.2, -0.15) is 0 Å². The summed E-state index contributed by atoms with van der Waals surface area (Å²) in [6, 6.07) is 0. The number of rotatable bonds is 3. The molecule has 0 aromatic rings. The Balaban J connectivity index is 4.24. The molecule has 0 aromatic heterocycles. The fourth-order valence-electron chi connectivity index (χ4n) is 0.436. The SMILES string of the molecule is CC(=O)[Si](=O)C(=O)C(C)C. The monoisotopic (exact) mass is 158 g/mol. The Morgan fingerprint density at radius 2 is 1.70 bits per heavy atom. The largest absolute Gasteiger partial charge is 0.421 e. The molecule has 0 saturated carbocycles. The highest BCUT2D eigenvalue weighted by atomic mass is 28.3. The molecular formula is C6H10O3Si. The van der Waals surface area contributed by atoms with E-state index in [2.05, 4.69) is 0 Å². The molecule has 0 rings (SSSR count). The first-order valence-electron chi connectivity index (χ1n) is 3.06. The van der Waals surface area contributed by atoms with E-state index in [0.717, 1.165) is 0 Å². The highest BCUT2D eigenvalue weighted by molar-refractivity contribution is 7.01. The van der Waals surface area contributed by atoms with E-state index in [0.29, 0.717) is 0 Å². The van der Waals surface area contributed by atoms with Crippen LogP contribution in [0.15, 0.2) is 0 Å². The summed E-state index contributed by atoms with van der Waals surface area (Å²) in [6.45, 7) is 4.45. The second kappa shape index (κ2) is 3.51. The van der Waals surface area contributed by atoms with Gasteiger partial charge in [-0.3, -0.25) is 9.59 Å². The van der Waals surface area contributed by atoms with Crippen LogP contribution in [0.5, 0.6) is 0 Å². The molecule has 0 aliphatic heterocycles. The van der Waals surface area contributed by atoms with Crippen molar-refractivity contribution in [2.45, 2.75) is 20.8 Å². The van der Waals surface area contributed by atoms with Crippen LogP contribution < -0.4 is 0 Å². The van der Waals surface area contributed by atoms with Crippen LogP contribution in [0.3, 0.4) is 0 Å². The first kappa shape index (κ1) is 9.36. The van der Waals surface area contributed by atoms with Gasteiger partial charge in [0.25, 0.3) is 0 Å². The first-order chi connectivity index (χ1) is 4.46. The lowest BCUT2D eigenvalue weighted by molar-refractivity contribution is -0.117. The third-order valence-corrected chi connectivity index (χ3v) is 2.73. The zero-order valence-corrected chi connectivity index (χ0v) is 7.30. The Kier molecular flexibility index (Phi) is 3.28. The van der Waals surface area contributed by atoms with Crippen LogP contribution in [0.4, 0.5) is 0 Å². The molecular weight excluding hydrogens is 148 g/mol. The van der Waals surface area contributed by atoms with Crippen molar-refractivity contribution < 1.29 is 14.1 Å². The lowest BCUT2D eigenvalue weighted by Crippen LogP contribution is -2.28. The molecule has 0 aromatic carbocycles. The number of carbonyl (C=O) groups is 2. The molecule has 56 valence electrons. The molecule has 0 N–H and O–H groups in total. The highest BCUT2D eigenvalue weighted by Gasteiger charge is 2.24. The predicted octanol–water partition coefficient (Wildman–Crippen LogP) is 0.301. The molecule has 0 fully saturated rings. The Hall–Kier alpha value is -0.643. The summed E-state index contributed by atoms with van der Waals surface area (Å²) >= 11 is 0. The van der Waals surface area contributed by atoms with Gasteiger partial charge in [-0.15, -0.1) is 0 Å². The van der Waals surface area contributed by atoms with Crippen molar-refractivity contribution >= 4 is 19.5 Å². The van der Waals surface area contributed by atoms with Crippen molar-refractivity contribution in [3.8, 4) is 0 Å². The number of carbonyl (C=O) groups excluding carboxylic acids is 2. The van der Waals surface area contributed by atoms with Gasteiger partial charge in [0.2, 0.25) is 0 Å². The average Bonchev–Trinajstić information content (AvgIpc) is 1.84. The summed E-state index contributed by atoms with van der Waals surface area (Å²) in [5.74, 6) is -0.296. The summed E-state index contributed by atoms with van der Waals surface area (Å²) < 4.78 is 10.8. The van der Waals surface area contributed by atoms with E-state index in [4.69, 9.17) is 0 Å². The third kappa shape index (κ3) is 2.30. The number of hydrogen-bond donors (Lipinski definition) is 0. The van der Waals surface area contributed by atoms with Gasteiger partial charge in [0.15, 0.2) is 10.8 Å². The van der Waals surface area contributed by atoms with E-state index in [1.54, 1.807) is 13.8 Å². The van der Waals surface area contributed by atoms with Crippen molar-refractivity contribution in [1.82, 2.24) is 0 Å². The normalized spacial score (nSPS) is 9.60. The predicted molar refractivity (Wildman–Crippen MR) is 37.0 cm³/mol. The van der Waals surface area contributed by atoms with E-state index in [-0.39, 0.29) is 5.92 Å². The molecule has 0 heterocycles. The summed E-state index contributed by atoms with van der Waals surface area (Å²) in [4.78, 5) is 21.2. The van der Waals surface area contributed by atoms with E-state index >= 15 is 0 Å². The molecule has 0 radical (unpaired) electrons. The van der Waals surface area contributed by atoms with Gasteiger partial charge in [-0.1, -0.05) is 13.8 Å². The zero-order valence-electron chi connectivity index (χ0n) is 6.30. The van der Waals surface area contributed by atoms with Crippen molar-refractivity contribution in [3.63, 3.8) is 0 Å². The third-order valence-electron chi connectivity index (χ3n) is 1.07. The molecule has 4 heteroatoms. The van der Waals surface area contributed by atoms with E-state index in [9.17, 15) is 14.1 Å². The Bertz CT molecular complexity index is 183. The number of hydrogen-bond acceptors (Lipinski definition) is 3. The molecule has 3 nitrogen and oxygen atoms in total. The van der Waals surface area contributed by atoms with Crippen molar-refractivity contribution in [2.75, 3.05) is 0 Å². The van der Waals surface area contributed by atoms with Gasteiger partial charge < -0.3 is 4.46 Å². The fraction of sp³-hybridized carbons (Fsp3) is 0.667. The van der Waals surface area contributed by atoms with Gasteiger partial charge in [-0.25, -0.2) is 0 Å². The lowest BCUT2D eigenvalue weighted by Gasteiger charge is -1.96. The standard InChI is InChI=1S/C6H10O3Si/c1-4(2)6(8)10(9)5(3)7/h4H,1-3H3. The molecule has 0 spiro atoms. The maximum atomic E-state index is 10.8. The molecule has 0 amide bonds. The van der Waals surface area contributed by atoms with Gasteiger partial charge >= 0.3 is 8.68 Å². The lowest BCUT2D eigenvalue weighted by atomic mass is 10.3. The summed E-state index contributed by atoms with van der Waals surface area (Å²) in [6.07, 6.45) is 0. The van der Waals surface area contributed by atoms with Crippen LogP contribution in [-0.2, 0) is 14.1 Å². The molecule has 0 aliphatic carbocycles. The van der Waals surface area contributed by atoms with E-state index in [1.165, 1.54) is 6.92 Å². The minimum atomic E-state index is -2.61. The van der Waals surface area contributed by atoms with E-state index in [1.807, 2.05) is 0 Å². The van der Waals surface area contributed by atoms with Crippen molar-refractivity contribution in [3.05, 3.63) is 0 Å². The van der Waals surface area contributed by atoms with Crippen LogP contribution in [0.2, 0.25) is 0 Å². The molecule has 0 bridgehead atoms. The maximum Gasteiger partial charge on any atom is 0.421 e. The molecule has 0 saturated heterocycles. The minimum absolute atomic E-state index is 0.296. The smallest absolute Gasteiger partial charge is 0.370 e. The van der Waals surface area contributed by atoms with Crippen LogP contribution >= 0.6 is 0 Å². The van der Waals surface area contributed by atoms with Gasteiger partial charge in [0.1, 0.15) is 0 Å². The highest BCUT2D eigenvalue weighted by Crippen LogP contribution is 1.94. The quantitative estimate of drug-likeness (QED) is 0.555. The second-order valence-corrected chi connectivity index (χ2v) is 4.26. The minimum Gasteiger partial charge on any atom is -0.370 e. The summed E-state index contributed by atoms with van der Waals surface area (Å²) in [5.41, 5.74) is 0. The molecule has 0 aliphatic rings. The van der Waals surface area contributed by atoms with Gasteiger partial charge in [0.05, 0.1) is 0 Å². The van der Waals surface area contributed by atoms with Crippen LogP contribution in [0.1, 0.15) is 20.8 Å². The molecule has 10 heavy (non-hydrogen) atoms. The first-order valence-corrected chi connectivity index (χ1v) is 4.46. The fourth-order valence-corrected chi connectivity index (χ4v) is 1.31. The second-order valence-electron chi connectivity index (χ2n) is 2.40. The Labute approximate surface area is 61.1 Å². The molecule has 0 unspecified atom stereocenters. The summed E-state index contributed by atoms with van der Waals surface area (Å²) in [7, 11) is -2.61. The van der Waals surface area contributed by atoms with Gasteiger partial charge in [0, 0.05) is 5.92 Å². The maximum absolute atomic E-state index is 10.8. The van der Waals surface area contributed by atoms with Crippen LogP contribution in [-0.4, -0.2) is 19.5 Å². The topological polar surface area (TPSA) is 51.2 Å². The van der Waals surface area contributed by atoms with Crippen molar-refractivity contribution in [1.29, 1.82) is 0 Å². The average molecular weight is 158 g/mol. The van der Waals surface area contributed by atoms with Crippen LogP contribution in [0, 0.1) is 5.92 Å². The molecule has 0 atom stereocenters. The van der Waals surface area contributed by atoms with E-state index < -0.39 is 19.5 Å². The Morgan fingerprint density at radius 1 is 1.30 bits per heavy atom. The van der Waals surface area contributed by atoms with Crippen molar-refractivity contribution in [2.24, 2.45) is 5.92 Å². The zero-order chi connectivity index (χ0) is 8.31. The van der Waals surface area contributed by atoms with Gasteiger partial charge in [-0.05, 0) is 6.92 Å². The van der Waals surface area contributed by atoms with Crippen LogP contribution in [0.25, 0.3) is 0 Å².